The molecule has 2 heteroatoms. The fraction of sp³-hybridized carbons (Fsp3) is 0.235. The number of carbonyl (C=O) groups is 1. The second kappa shape index (κ2) is 5.70. The highest BCUT2D eigenvalue weighted by Crippen LogP contribution is 2.23. The minimum atomic E-state index is -0.363. The van der Waals surface area contributed by atoms with E-state index in [0.717, 1.165) is 12.0 Å². The van der Waals surface area contributed by atoms with Crippen molar-refractivity contribution >= 4 is 5.91 Å². The largest absolute Gasteiger partial charge is 0.366 e. The van der Waals surface area contributed by atoms with E-state index in [2.05, 4.69) is 32.0 Å². The van der Waals surface area contributed by atoms with Gasteiger partial charge in [-0.1, -0.05) is 56.3 Å². The van der Waals surface area contributed by atoms with Gasteiger partial charge in [-0.15, -0.1) is 0 Å². The van der Waals surface area contributed by atoms with Crippen LogP contribution in [0.15, 0.2) is 48.5 Å². The molecule has 0 heterocycles. The lowest BCUT2D eigenvalue weighted by Gasteiger charge is -2.14. The van der Waals surface area contributed by atoms with Crippen LogP contribution in [0.2, 0.25) is 0 Å². The average Bonchev–Trinajstić information content (AvgIpc) is 2.39. The Labute approximate surface area is 114 Å². The highest BCUT2D eigenvalue weighted by atomic mass is 16.1. The van der Waals surface area contributed by atoms with Crippen LogP contribution in [0.25, 0.3) is 0 Å². The maximum atomic E-state index is 11.5. The summed E-state index contributed by atoms with van der Waals surface area (Å²) in [5.74, 6) is 0.106. The Morgan fingerprint density at radius 3 is 2.21 bits per heavy atom. The van der Waals surface area contributed by atoms with Gasteiger partial charge in [0.25, 0.3) is 0 Å². The molecule has 0 aliphatic heterocycles. The molecule has 0 aliphatic carbocycles. The number of primary amides is 1. The average molecular weight is 253 g/mol. The number of carbonyl (C=O) groups excluding carboxylic acids is 1. The predicted octanol–water partition coefficient (Wildman–Crippen LogP) is 3.50. The van der Waals surface area contributed by atoms with E-state index >= 15 is 0 Å². The molecule has 0 atom stereocenters. The van der Waals surface area contributed by atoms with E-state index in [1.807, 2.05) is 24.3 Å². The monoisotopic (exact) mass is 253 g/mol. The van der Waals surface area contributed by atoms with Crippen molar-refractivity contribution in [1.29, 1.82) is 0 Å². The Bertz CT molecular complexity index is 587. The number of rotatable bonds is 4. The lowest BCUT2D eigenvalue weighted by molar-refractivity contribution is 0.0999. The van der Waals surface area contributed by atoms with Gasteiger partial charge >= 0.3 is 0 Å². The summed E-state index contributed by atoms with van der Waals surface area (Å²) in [4.78, 5) is 11.5. The summed E-state index contributed by atoms with van der Waals surface area (Å²) in [6, 6.07) is 15.9. The van der Waals surface area contributed by atoms with Crippen molar-refractivity contribution in [3.63, 3.8) is 0 Å². The van der Waals surface area contributed by atoms with Gasteiger partial charge in [-0.25, -0.2) is 0 Å². The first-order valence-corrected chi connectivity index (χ1v) is 6.55. The van der Waals surface area contributed by atoms with Gasteiger partial charge in [-0.05, 0) is 35.1 Å². The van der Waals surface area contributed by atoms with E-state index in [9.17, 15) is 4.79 Å². The highest BCUT2D eigenvalue weighted by Gasteiger charge is 2.11. The van der Waals surface area contributed by atoms with Crippen LogP contribution in [0.4, 0.5) is 0 Å². The lowest BCUT2D eigenvalue weighted by atomic mass is 9.91. The third kappa shape index (κ3) is 3.02. The molecule has 19 heavy (non-hydrogen) atoms. The minimum absolute atomic E-state index is 0.363. The molecule has 0 radical (unpaired) electrons. The zero-order valence-corrected chi connectivity index (χ0v) is 11.4. The molecule has 2 aromatic carbocycles. The first kappa shape index (κ1) is 13.3. The van der Waals surface area contributed by atoms with E-state index in [0.29, 0.717) is 11.5 Å². The summed E-state index contributed by atoms with van der Waals surface area (Å²) in [5, 5.41) is 0. The van der Waals surface area contributed by atoms with Crippen molar-refractivity contribution in [2.75, 3.05) is 0 Å². The van der Waals surface area contributed by atoms with Crippen molar-refractivity contribution < 1.29 is 4.79 Å². The fourth-order valence-corrected chi connectivity index (χ4v) is 2.38. The van der Waals surface area contributed by atoms with Gasteiger partial charge in [0.15, 0.2) is 0 Å². The molecule has 0 aliphatic rings. The molecular weight excluding hydrogens is 234 g/mol. The minimum Gasteiger partial charge on any atom is -0.366 e. The van der Waals surface area contributed by atoms with Gasteiger partial charge in [0.2, 0.25) is 5.91 Å². The third-order valence-corrected chi connectivity index (χ3v) is 3.34. The van der Waals surface area contributed by atoms with Crippen LogP contribution >= 0.6 is 0 Å². The van der Waals surface area contributed by atoms with Gasteiger partial charge in [-0.2, -0.15) is 0 Å². The summed E-state index contributed by atoms with van der Waals surface area (Å²) >= 11 is 0. The van der Waals surface area contributed by atoms with Crippen molar-refractivity contribution in [2.45, 2.75) is 26.2 Å². The number of hydrogen-bond donors (Lipinski definition) is 1. The molecule has 2 nitrogen and oxygen atoms in total. The molecule has 0 bridgehead atoms. The van der Waals surface area contributed by atoms with Crippen LogP contribution < -0.4 is 5.73 Å². The van der Waals surface area contributed by atoms with Crippen molar-refractivity contribution in [3.8, 4) is 0 Å². The molecule has 1 amide bonds. The van der Waals surface area contributed by atoms with Gasteiger partial charge in [0, 0.05) is 5.56 Å². The first-order valence-electron chi connectivity index (χ1n) is 6.55. The van der Waals surface area contributed by atoms with E-state index in [1.165, 1.54) is 11.1 Å². The van der Waals surface area contributed by atoms with Crippen LogP contribution in [0.5, 0.6) is 0 Å². The number of hydrogen-bond acceptors (Lipinski definition) is 1. The molecule has 98 valence electrons. The van der Waals surface area contributed by atoms with Crippen LogP contribution in [-0.4, -0.2) is 5.91 Å². The molecule has 2 aromatic rings. The van der Waals surface area contributed by atoms with Gasteiger partial charge in [0.1, 0.15) is 0 Å². The van der Waals surface area contributed by atoms with Crippen LogP contribution in [0.1, 0.15) is 46.8 Å². The fourth-order valence-electron chi connectivity index (χ4n) is 2.38. The normalized spacial score (nSPS) is 10.7. The topological polar surface area (TPSA) is 43.1 Å². The Kier molecular flexibility index (Phi) is 4.00. The summed E-state index contributed by atoms with van der Waals surface area (Å²) < 4.78 is 0. The Morgan fingerprint density at radius 1 is 1.00 bits per heavy atom. The SMILES string of the molecule is CC(C)c1ccccc1Cc1ccccc1C(N)=O. The Hall–Kier alpha value is -2.09. The van der Waals surface area contributed by atoms with Crippen molar-refractivity contribution in [2.24, 2.45) is 5.73 Å². The number of amides is 1. The van der Waals surface area contributed by atoms with Gasteiger partial charge in [0.05, 0.1) is 0 Å². The maximum absolute atomic E-state index is 11.5. The van der Waals surface area contributed by atoms with Gasteiger partial charge < -0.3 is 5.73 Å². The lowest BCUT2D eigenvalue weighted by Crippen LogP contribution is -2.14. The van der Waals surface area contributed by atoms with Crippen LogP contribution in [-0.2, 0) is 6.42 Å². The standard InChI is InChI=1S/C17H19NO/c1-12(2)15-9-5-3-7-13(15)11-14-8-4-6-10-16(14)17(18)19/h3-10,12H,11H2,1-2H3,(H2,18,19). The molecular formula is C17H19NO. The summed E-state index contributed by atoms with van der Waals surface area (Å²) in [7, 11) is 0. The number of benzene rings is 2. The maximum Gasteiger partial charge on any atom is 0.248 e. The summed E-state index contributed by atoms with van der Waals surface area (Å²) in [6.07, 6.45) is 0.744. The predicted molar refractivity (Wildman–Crippen MR) is 78.3 cm³/mol. The molecule has 0 saturated heterocycles. The summed E-state index contributed by atoms with van der Waals surface area (Å²) in [5.41, 5.74) is 9.61. The molecule has 2 N–H and O–H groups in total. The van der Waals surface area contributed by atoms with E-state index in [1.54, 1.807) is 6.07 Å². The molecule has 2 rings (SSSR count). The Morgan fingerprint density at radius 2 is 1.58 bits per heavy atom. The first-order chi connectivity index (χ1) is 9.09. The van der Waals surface area contributed by atoms with Crippen molar-refractivity contribution in [3.05, 3.63) is 70.8 Å². The highest BCUT2D eigenvalue weighted by molar-refractivity contribution is 5.94. The zero-order chi connectivity index (χ0) is 13.8. The number of nitrogens with two attached hydrogens (primary N) is 1. The smallest absolute Gasteiger partial charge is 0.248 e. The second-order valence-corrected chi connectivity index (χ2v) is 5.05. The van der Waals surface area contributed by atoms with Crippen LogP contribution in [0, 0.1) is 0 Å². The molecule has 0 unspecified atom stereocenters. The quantitative estimate of drug-likeness (QED) is 0.890. The van der Waals surface area contributed by atoms with Gasteiger partial charge in [-0.3, -0.25) is 4.79 Å². The van der Waals surface area contributed by atoms with E-state index < -0.39 is 0 Å². The summed E-state index contributed by atoms with van der Waals surface area (Å²) in [6.45, 7) is 4.36. The third-order valence-electron chi connectivity index (χ3n) is 3.34. The van der Waals surface area contributed by atoms with E-state index in [4.69, 9.17) is 5.73 Å². The van der Waals surface area contributed by atoms with Crippen molar-refractivity contribution in [1.82, 2.24) is 0 Å². The van der Waals surface area contributed by atoms with E-state index in [-0.39, 0.29) is 5.91 Å². The zero-order valence-electron chi connectivity index (χ0n) is 11.4. The molecule has 0 aromatic heterocycles. The Balaban J connectivity index is 2.39. The second-order valence-electron chi connectivity index (χ2n) is 5.05. The molecule has 0 fully saturated rings. The molecule has 0 spiro atoms. The van der Waals surface area contributed by atoms with Crippen LogP contribution in [0.3, 0.4) is 0 Å². The molecule has 0 saturated carbocycles.